The van der Waals surface area contributed by atoms with Crippen molar-refractivity contribution in [3.63, 3.8) is 0 Å². The number of methoxy groups -OCH3 is 2. The smallest absolute Gasteiger partial charge is 0.240 e. The first-order chi connectivity index (χ1) is 15.5. The SMILES string of the molecule is COc1cc2c(cc1OC)CC(=O)N(CC(=O)NCCc1cn(C)c3ccccc13)C=C2. The van der Waals surface area contributed by atoms with Crippen LogP contribution in [0.2, 0.25) is 0 Å². The minimum atomic E-state index is -0.190. The Morgan fingerprint density at radius 3 is 2.66 bits per heavy atom. The first-order valence-corrected chi connectivity index (χ1v) is 10.5. The lowest BCUT2D eigenvalue weighted by molar-refractivity contribution is -0.132. The molecule has 0 saturated heterocycles. The van der Waals surface area contributed by atoms with Gasteiger partial charge in [-0.15, -0.1) is 0 Å². The van der Waals surface area contributed by atoms with Gasteiger partial charge in [0.05, 0.1) is 20.6 Å². The van der Waals surface area contributed by atoms with E-state index in [1.807, 2.05) is 37.4 Å². The molecule has 1 aromatic heterocycles. The van der Waals surface area contributed by atoms with Crippen LogP contribution >= 0.6 is 0 Å². The number of para-hydroxylation sites is 1. The van der Waals surface area contributed by atoms with Gasteiger partial charge in [0.15, 0.2) is 11.5 Å². The van der Waals surface area contributed by atoms with Gasteiger partial charge in [0.1, 0.15) is 6.54 Å². The largest absolute Gasteiger partial charge is 0.493 e. The van der Waals surface area contributed by atoms with Gasteiger partial charge in [-0.25, -0.2) is 0 Å². The van der Waals surface area contributed by atoms with Crippen LogP contribution in [0.4, 0.5) is 0 Å². The lowest BCUT2D eigenvalue weighted by Gasteiger charge is -2.17. The van der Waals surface area contributed by atoms with Crippen molar-refractivity contribution in [1.29, 1.82) is 0 Å². The van der Waals surface area contributed by atoms with Crippen molar-refractivity contribution in [3.8, 4) is 11.5 Å². The number of hydrogen-bond acceptors (Lipinski definition) is 4. The third-order valence-electron chi connectivity index (χ3n) is 5.75. The first-order valence-electron chi connectivity index (χ1n) is 10.5. The van der Waals surface area contributed by atoms with E-state index in [0.717, 1.165) is 17.5 Å². The van der Waals surface area contributed by atoms with Crippen LogP contribution in [0.25, 0.3) is 17.0 Å². The van der Waals surface area contributed by atoms with Crippen LogP contribution in [0.3, 0.4) is 0 Å². The molecule has 2 amide bonds. The van der Waals surface area contributed by atoms with Crippen LogP contribution in [0.5, 0.6) is 11.5 Å². The number of aryl methyl sites for hydroxylation is 1. The van der Waals surface area contributed by atoms with E-state index in [4.69, 9.17) is 9.47 Å². The number of amides is 2. The molecule has 0 spiro atoms. The number of hydrogen-bond donors (Lipinski definition) is 1. The van der Waals surface area contributed by atoms with Gasteiger partial charge < -0.3 is 24.3 Å². The molecule has 0 atom stereocenters. The molecular weight excluding hydrogens is 406 g/mol. The van der Waals surface area contributed by atoms with E-state index in [2.05, 4.69) is 28.2 Å². The molecule has 0 unspecified atom stereocenters. The Kier molecular flexibility index (Phi) is 6.16. The lowest BCUT2D eigenvalue weighted by Crippen LogP contribution is -2.38. The second-order valence-electron chi connectivity index (χ2n) is 7.80. The molecule has 1 N–H and O–H groups in total. The zero-order valence-electron chi connectivity index (χ0n) is 18.6. The molecule has 4 rings (SSSR count). The quantitative estimate of drug-likeness (QED) is 0.622. The molecule has 0 aliphatic carbocycles. The van der Waals surface area contributed by atoms with Gasteiger partial charge in [-0.05, 0) is 47.4 Å². The van der Waals surface area contributed by atoms with E-state index in [1.54, 1.807) is 20.4 Å². The molecule has 0 bridgehead atoms. The van der Waals surface area contributed by atoms with Crippen molar-refractivity contribution in [2.24, 2.45) is 7.05 Å². The van der Waals surface area contributed by atoms with E-state index in [1.165, 1.54) is 21.4 Å². The maximum atomic E-state index is 12.7. The average Bonchev–Trinajstić information content (AvgIpc) is 3.03. The van der Waals surface area contributed by atoms with Gasteiger partial charge in [0.25, 0.3) is 0 Å². The number of ether oxygens (including phenoxy) is 2. The number of nitrogens with one attached hydrogen (secondary N) is 1. The summed E-state index contributed by atoms with van der Waals surface area (Å²) in [6, 6.07) is 11.9. The number of aromatic nitrogens is 1. The van der Waals surface area contributed by atoms with Crippen molar-refractivity contribution < 1.29 is 19.1 Å². The highest BCUT2D eigenvalue weighted by Gasteiger charge is 2.21. The molecule has 0 radical (unpaired) electrons. The van der Waals surface area contributed by atoms with Crippen LogP contribution in [-0.4, -0.2) is 48.6 Å². The summed E-state index contributed by atoms with van der Waals surface area (Å²) in [6.07, 6.45) is 6.49. The molecule has 0 saturated carbocycles. The monoisotopic (exact) mass is 433 g/mol. The fourth-order valence-electron chi connectivity index (χ4n) is 4.08. The summed E-state index contributed by atoms with van der Waals surface area (Å²) in [6.45, 7) is 0.486. The lowest BCUT2D eigenvalue weighted by atomic mass is 10.0. The molecule has 32 heavy (non-hydrogen) atoms. The van der Waals surface area contributed by atoms with Crippen LogP contribution < -0.4 is 14.8 Å². The molecular formula is C25H27N3O4. The zero-order valence-corrected chi connectivity index (χ0v) is 18.6. The van der Waals surface area contributed by atoms with E-state index < -0.39 is 0 Å². The summed E-state index contributed by atoms with van der Waals surface area (Å²) in [5.41, 5.74) is 4.06. The maximum absolute atomic E-state index is 12.7. The fraction of sp³-hybridized carbons (Fsp3) is 0.280. The minimum Gasteiger partial charge on any atom is -0.493 e. The van der Waals surface area contributed by atoms with E-state index in [0.29, 0.717) is 18.0 Å². The van der Waals surface area contributed by atoms with Crippen molar-refractivity contribution >= 4 is 28.8 Å². The van der Waals surface area contributed by atoms with E-state index >= 15 is 0 Å². The van der Waals surface area contributed by atoms with Crippen LogP contribution in [0.1, 0.15) is 16.7 Å². The summed E-state index contributed by atoms with van der Waals surface area (Å²) in [7, 11) is 5.16. The predicted molar refractivity (Wildman–Crippen MR) is 124 cm³/mol. The third kappa shape index (κ3) is 4.32. The van der Waals surface area contributed by atoms with Gasteiger partial charge in [-0.3, -0.25) is 9.59 Å². The molecule has 2 aromatic carbocycles. The predicted octanol–water partition coefficient (Wildman–Crippen LogP) is 2.91. The van der Waals surface area contributed by atoms with Gasteiger partial charge in [0.2, 0.25) is 11.8 Å². The van der Waals surface area contributed by atoms with Gasteiger partial charge in [-0.2, -0.15) is 0 Å². The Balaban J connectivity index is 1.37. The minimum absolute atomic E-state index is 0.0207. The molecule has 166 valence electrons. The molecule has 1 aliphatic heterocycles. The van der Waals surface area contributed by atoms with E-state index in [9.17, 15) is 9.59 Å². The summed E-state index contributed by atoms with van der Waals surface area (Å²) < 4.78 is 12.8. The second-order valence-corrected chi connectivity index (χ2v) is 7.80. The summed E-state index contributed by atoms with van der Waals surface area (Å²) in [5, 5.41) is 4.13. The average molecular weight is 434 g/mol. The van der Waals surface area contributed by atoms with Gasteiger partial charge >= 0.3 is 0 Å². The Labute approximate surface area is 187 Å². The summed E-state index contributed by atoms with van der Waals surface area (Å²) >= 11 is 0. The fourth-order valence-corrected chi connectivity index (χ4v) is 4.08. The summed E-state index contributed by atoms with van der Waals surface area (Å²) in [4.78, 5) is 26.7. The Morgan fingerprint density at radius 2 is 1.88 bits per heavy atom. The topological polar surface area (TPSA) is 72.8 Å². The summed E-state index contributed by atoms with van der Waals surface area (Å²) in [5.74, 6) is 0.843. The first kappa shape index (κ1) is 21.5. The number of rotatable bonds is 7. The van der Waals surface area contributed by atoms with E-state index in [-0.39, 0.29) is 24.8 Å². The van der Waals surface area contributed by atoms with Crippen LogP contribution in [0, 0.1) is 0 Å². The highest BCUT2D eigenvalue weighted by atomic mass is 16.5. The number of fused-ring (bicyclic) bond motifs is 2. The zero-order chi connectivity index (χ0) is 22.7. The Bertz CT molecular complexity index is 1200. The highest BCUT2D eigenvalue weighted by molar-refractivity contribution is 5.89. The Hall–Kier alpha value is -3.74. The number of carbonyl (C=O) groups is 2. The second kappa shape index (κ2) is 9.18. The van der Waals surface area contributed by atoms with Crippen molar-refractivity contribution in [1.82, 2.24) is 14.8 Å². The molecule has 1 aliphatic rings. The number of carbonyl (C=O) groups excluding carboxylic acids is 2. The van der Waals surface area contributed by atoms with Crippen molar-refractivity contribution in [3.05, 3.63) is 65.5 Å². The third-order valence-corrected chi connectivity index (χ3v) is 5.75. The molecule has 2 heterocycles. The molecule has 0 fully saturated rings. The van der Waals surface area contributed by atoms with Crippen LogP contribution in [-0.2, 0) is 29.5 Å². The number of benzene rings is 2. The standard InChI is InChI=1S/C25H27N3O4/c1-27-15-18(20-6-4-5-7-21(20)27)8-10-26-24(29)16-28-11-9-17-12-22(31-2)23(32-3)13-19(17)14-25(28)30/h4-7,9,11-13,15H,8,10,14,16H2,1-3H3,(H,26,29). The van der Waals surface area contributed by atoms with Crippen molar-refractivity contribution in [2.45, 2.75) is 12.8 Å². The maximum Gasteiger partial charge on any atom is 0.240 e. The number of nitrogens with zero attached hydrogens (tertiary/aromatic N) is 2. The van der Waals surface area contributed by atoms with Crippen molar-refractivity contribution in [2.75, 3.05) is 27.3 Å². The van der Waals surface area contributed by atoms with Gasteiger partial charge in [-0.1, -0.05) is 18.2 Å². The van der Waals surface area contributed by atoms with Crippen LogP contribution in [0.15, 0.2) is 48.8 Å². The Morgan fingerprint density at radius 1 is 1.12 bits per heavy atom. The molecule has 3 aromatic rings. The normalized spacial score (nSPS) is 13.1. The molecule has 7 heteroatoms. The van der Waals surface area contributed by atoms with Gasteiger partial charge in [0, 0.05) is 36.9 Å². The molecule has 7 nitrogen and oxygen atoms in total. The highest BCUT2D eigenvalue weighted by Crippen LogP contribution is 2.32.